The molecule has 1 amide bonds. The molecule has 1 atom stereocenters. The Labute approximate surface area is 164 Å². The second-order valence-electron chi connectivity index (χ2n) is 6.38. The molecule has 3 N–H and O–H groups in total. The summed E-state index contributed by atoms with van der Waals surface area (Å²) in [6.07, 6.45) is 0.711. The standard InChI is InChI=1S/C21H26N2O5/c1-13(24)23-17-7-5-14(6-8-17)9-16(22)12-18(25)15-10-19(26-2)21(28-4)20(11-15)27-3/h5-8,10-11,16H,9,12,22H2,1-4H3,(H,23,24). The van der Waals surface area contributed by atoms with E-state index in [1.165, 1.54) is 28.3 Å². The Hall–Kier alpha value is -3.06. The Kier molecular flexibility index (Phi) is 7.40. The molecule has 0 saturated heterocycles. The molecule has 28 heavy (non-hydrogen) atoms. The summed E-state index contributed by atoms with van der Waals surface area (Å²) in [7, 11) is 4.51. The van der Waals surface area contributed by atoms with Gasteiger partial charge in [0, 0.05) is 30.6 Å². The number of nitrogens with two attached hydrogens (primary N) is 1. The summed E-state index contributed by atoms with van der Waals surface area (Å²) in [5.41, 5.74) is 8.34. The van der Waals surface area contributed by atoms with E-state index in [0.29, 0.717) is 29.2 Å². The molecule has 0 bridgehead atoms. The lowest BCUT2D eigenvalue weighted by molar-refractivity contribution is -0.114. The Morgan fingerprint density at radius 1 is 1.00 bits per heavy atom. The molecule has 150 valence electrons. The van der Waals surface area contributed by atoms with Gasteiger partial charge in [-0.05, 0) is 36.2 Å². The number of hydrogen-bond acceptors (Lipinski definition) is 6. The van der Waals surface area contributed by atoms with Crippen LogP contribution in [0.2, 0.25) is 0 Å². The van der Waals surface area contributed by atoms with Gasteiger partial charge in [0.25, 0.3) is 0 Å². The van der Waals surface area contributed by atoms with Crippen molar-refractivity contribution in [1.29, 1.82) is 0 Å². The number of carbonyl (C=O) groups excluding carboxylic acids is 2. The fraction of sp³-hybridized carbons (Fsp3) is 0.333. The van der Waals surface area contributed by atoms with Crippen molar-refractivity contribution in [2.45, 2.75) is 25.8 Å². The van der Waals surface area contributed by atoms with Gasteiger partial charge >= 0.3 is 0 Å². The van der Waals surface area contributed by atoms with Crippen LogP contribution in [0.3, 0.4) is 0 Å². The van der Waals surface area contributed by atoms with E-state index in [1.807, 2.05) is 24.3 Å². The summed E-state index contributed by atoms with van der Waals surface area (Å²) < 4.78 is 15.9. The molecular weight excluding hydrogens is 360 g/mol. The number of anilines is 1. The Bertz CT molecular complexity index is 808. The third-order valence-electron chi connectivity index (χ3n) is 4.21. The van der Waals surface area contributed by atoms with Crippen molar-refractivity contribution < 1.29 is 23.8 Å². The first-order valence-corrected chi connectivity index (χ1v) is 8.83. The first kappa shape index (κ1) is 21.2. The number of carbonyl (C=O) groups is 2. The first-order chi connectivity index (χ1) is 13.4. The summed E-state index contributed by atoms with van der Waals surface area (Å²) in [5.74, 6) is 1.05. The second-order valence-corrected chi connectivity index (χ2v) is 6.38. The fourth-order valence-electron chi connectivity index (χ4n) is 2.90. The molecule has 0 aliphatic heterocycles. The zero-order valence-corrected chi connectivity index (χ0v) is 16.6. The van der Waals surface area contributed by atoms with Crippen molar-refractivity contribution in [3.63, 3.8) is 0 Å². The average molecular weight is 386 g/mol. The van der Waals surface area contributed by atoms with Crippen molar-refractivity contribution >= 4 is 17.4 Å². The number of nitrogens with one attached hydrogen (secondary N) is 1. The Morgan fingerprint density at radius 3 is 2.04 bits per heavy atom. The maximum Gasteiger partial charge on any atom is 0.221 e. The van der Waals surface area contributed by atoms with Crippen LogP contribution in [0.1, 0.15) is 29.3 Å². The number of benzene rings is 2. The van der Waals surface area contributed by atoms with Crippen molar-refractivity contribution in [2.24, 2.45) is 5.73 Å². The third kappa shape index (κ3) is 5.47. The second kappa shape index (κ2) is 9.75. The van der Waals surface area contributed by atoms with Crippen molar-refractivity contribution in [3.8, 4) is 17.2 Å². The SMILES string of the molecule is COc1cc(C(=O)CC(N)Cc2ccc(NC(C)=O)cc2)cc(OC)c1OC. The molecule has 0 radical (unpaired) electrons. The van der Waals surface area contributed by atoms with E-state index in [-0.39, 0.29) is 24.2 Å². The highest BCUT2D eigenvalue weighted by Gasteiger charge is 2.19. The van der Waals surface area contributed by atoms with Gasteiger partial charge in [-0.2, -0.15) is 0 Å². The van der Waals surface area contributed by atoms with E-state index in [2.05, 4.69) is 5.32 Å². The van der Waals surface area contributed by atoms with Crippen molar-refractivity contribution in [3.05, 3.63) is 47.5 Å². The third-order valence-corrected chi connectivity index (χ3v) is 4.21. The highest BCUT2D eigenvalue weighted by molar-refractivity contribution is 5.97. The molecule has 0 fully saturated rings. The molecule has 1 unspecified atom stereocenters. The number of ether oxygens (including phenoxy) is 3. The summed E-state index contributed by atoms with van der Waals surface area (Å²) in [6, 6.07) is 10.3. The van der Waals surface area contributed by atoms with Gasteiger partial charge in [0.2, 0.25) is 11.7 Å². The Balaban J connectivity index is 2.06. The molecule has 7 nitrogen and oxygen atoms in total. The number of Topliss-reactive ketones (excluding diaryl/α,β-unsaturated/α-hetero) is 1. The van der Waals surface area contributed by atoms with E-state index in [0.717, 1.165) is 11.3 Å². The van der Waals surface area contributed by atoms with Crippen molar-refractivity contribution in [1.82, 2.24) is 0 Å². The lowest BCUT2D eigenvalue weighted by atomic mass is 9.98. The van der Waals surface area contributed by atoms with Gasteiger partial charge in [0.1, 0.15) is 0 Å². The lowest BCUT2D eigenvalue weighted by Gasteiger charge is -2.15. The van der Waals surface area contributed by atoms with Crippen molar-refractivity contribution in [2.75, 3.05) is 26.6 Å². The normalized spacial score (nSPS) is 11.5. The van der Waals surface area contributed by atoms with Gasteiger partial charge in [0.05, 0.1) is 21.3 Å². The molecule has 2 aromatic carbocycles. The number of amides is 1. The zero-order chi connectivity index (χ0) is 20.7. The molecule has 0 aromatic heterocycles. The molecule has 2 aromatic rings. The molecule has 7 heteroatoms. The number of methoxy groups -OCH3 is 3. The predicted molar refractivity (Wildman–Crippen MR) is 107 cm³/mol. The minimum Gasteiger partial charge on any atom is -0.493 e. The highest BCUT2D eigenvalue weighted by Crippen LogP contribution is 2.38. The summed E-state index contributed by atoms with van der Waals surface area (Å²) in [6.45, 7) is 1.46. The highest BCUT2D eigenvalue weighted by atomic mass is 16.5. The number of rotatable bonds is 9. The average Bonchev–Trinajstić information content (AvgIpc) is 2.67. The topological polar surface area (TPSA) is 99.9 Å². The van der Waals surface area contributed by atoms with Crippen LogP contribution in [-0.2, 0) is 11.2 Å². The smallest absolute Gasteiger partial charge is 0.221 e. The zero-order valence-electron chi connectivity index (χ0n) is 16.6. The van der Waals surface area contributed by atoms with Gasteiger partial charge in [-0.3, -0.25) is 9.59 Å². The number of hydrogen-bond donors (Lipinski definition) is 2. The van der Waals surface area contributed by atoms with Crippen LogP contribution in [0.4, 0.5) is 5.69 Å². The summed E-state index contributed by atoms with van der Waals surface area (Å²) >= 11 is 0. The molecule has 2 rings (SSSR count). The largest absolute Gasteiger partial charge is 0.493 e. The van der Waals surface area contributed by atoms with Crippen LogP contribution in [0, 0.1) is 0 Å². The van der Waals surface area contributed by atoms with Crippen LogP contribution in [0.15, 0.2) is 36.4 Å². The van der Waals surface area contributed by atoms with E-state index in [4.69, 9.17) is 19.9 Å². The molecule has 0 aliphatic carbocycles. The molecule has 0 spiro atoms. The van der Waals surface area contributed by atoms with Gasteiger partial charge < -0.3 is 25.3 Å². The number of ketones is 1. The predicted octanol–water partition coefficient (Wildman–Crippen LogP) is 2.81. The Morgan fingerprint density at radius 2 is 1.57 bits per heavy atom. The van der Waals surface area contributed by atoms with Gasteiger partial charge in [-0.25, -0.2) is 0 Å². The maximum atomic E-state index is 12.7. The molecule has 0 saturated carbocycles. The lowest BCUT2D eigenvalue weighted by Crippen LogP contribution is -2.26. The van der Waals surface area contributed by atoms with Crippen LogP contribution in [0.5, 0.6) is 17.2 Å². The molecule has 0 aliphatic rings. The van der Waals surface area contributed by atoms with Gasteiger partial charge in [-0.1, -0.05) is 12.1 Å². The quantitative estimate of drug-likeness (QED) is 0.643. The minimum atomic E-state index is -0.349. The van der Waals surface area contributed by atoms with E-state index >= 15 is 0 Å². The minimum absolute atomic E-state index is 0.110. The van der Waals surface area contributed by atoms with E-state index in [9.17, 15) is 9.59 Å². The van der Waals surface area contributed by atoms with E-state index < -0.39 is 0 Å². The maximum absolute atomic E-state index is 12.7. The van der Waals surface area contributed by atoms with Crippen LogP contribution in [-0.4, -0.2) is 39.1 Å². The monoisotopic (exact) mass is 386 g/mol. The summed E-state index contributed by atoms with van der Waals surface area (Å²) in [4.78, 5) is 23.7. The van der Waals surface area contributed by atoms with Gasteiger partial charge in [-0.15, -0.1) is 0 Å². The van der Waals surface area contributed by atoms with Crippen LogP contribution >= 0.6 is 0 Å². The van der Waals surface area contributed by atoms with E-state index in [1.54, 1.807) is 12.1 Å². The summed E-state index contributed by atoms with van der Waals surface area (Å²) in [5, 5.41) is 2.71. The molecule has 0 heterocycles. The van der Waals surface area contributed by atoms with Crippen LogP contribution < -0.4 is 25.3 Å². The fourth-order valence-corrected chi connectivity index (χ4v) is 2.90. The first-order valence-electron chi connectivity index (χ1n) is 8.83. The molecular formula is C21H26N2O5. The van der Waals surface area contributed by atoms with Crippen LogP contribution in [0.25, 0.3) is 0 Å². The van der Waals surface area contributed by atoms with Gasteiger partial charge in [0.15, 0.2) is 17.3 Å².